The van der Waals surface area contributed by atoms with E-state index in [2.05, 4.69) is 13.0 Å². The molecule has 0 saturated heterocycles. The molecule has 2 rings (SSSR count). The van der Waals surface area contributed by atoms with Crippen molar-refractivity contribution in [2.24, 2.45) is 11.7 Å². The van der Waals surface area contributed by atoms with Crippen molar-refractivity contribution >= 4 is 0 Å². The molecule has 1 unspecified atom stereocenters. The largest absolute Gasteiger partial charge is 0.497 e. The minimum Gasteiger partial charge on any atom is -0.497 e. The smallest absolute Gasteiger partial charge is 0.109 e. The van der Waals surface area contributed by atoms with Crippen LogP contribution in [0.4, 0.5) is 0 Å². The molecule has 16 heavy (non-hydrogen) atoms. The zero-order valence-corrected chi connectivity index (χ0v) is 10.2. The molecule has 0 spiro atoms. The van der Waals surface area contributed by atoms with Gasteiger partial charge in [0.25, 0.3) is 0 Å². The third kappa shape index (κ3) is 2.98. The molecule has 0 aromatic rings. The van der Waals surface area contributed by atoms with Gasteiger partial charge < -0.3 is 15.2 Å². The summed E-state index contributed by atoms with van der Waals surface area (Å²) in [5.74, 6) is 1.75. The summed E-state index contributed by atoms with van der Waals surface area (Å²) < 4.78 is 11.1. The van der Waals surface area contributed by atoms with Crippen molar-refractivity contribution in [3.63, 3.8) is 0 Å². The molecular formula is C13H23NO2. The number of allylic oxidation sites excluding steroid dienone is 1. The Morgan fingerprint density at radius 1 is 1.56 bits per heavy atom. The van der Waals surface area contributed by atoms with E-state index in [-0.39, 0.29) is 6.04 Å². The Morgan fingerprint density at radius 3 is 3.00 bits per heavy atom. The van der Waals surface area contributed by atoms with Crippen LogP contribution in [0.5, 0.6) is 0 Å². The maximum absolute atomic E-state index is 6.14. The summed E-state index contributed by atoms with van der Waals surface area (Å²) in [5.41, 5.74) is 6.14. The highest BCUT2D eigenvalue weighted by molar-refractivity contribution is 5.05. The molecule has 3 heteroatoms. The molecule has 3 nitrogen and oxygen atoms in total. The van der Waals surface area contributed by atoms with Gasteiger partial charge >= 0.3 is 0 Å². The van der Waals surface area contributed by atoms with E-state index in [0.717, 1.165) is 44.2 Å². The molecule has 0 amide bonds. The monoisotopic (exact) mass is 225 g/mol. The minimum atomic E-state index is 0.105. The number of hydrogen-bond acceptors (Lipinski definition) is 3. The van der Waals surface area contributed by atoms with Gasteiger partial charge in [0.2, 0.25) is 0 Å². The SMILES string of the molecule is CCOC1CC(CC(N)C2=CCCCO2)C1. The van der Waals surface area contributed by atoms with E-state index in [9.17, 15) is 0 Å². The molecule has 1 aliphatic heterocycles. The summed E-state index contributed by atoms with van der Waals surface area (Å²) in [4.78, 5) is 0. The Balaban J connectivity index is 1.68. The molecule has 92 valence electrons. The second-order valence-electron chi connectivity index (χ2n) is 4.85. The molecule has 1 atom stereocenters. The van der Waals surface area contributed by atoms with Gasteiger partial charge in [-0.1, -0.05) is 0 Å². The molecular weight excluding hydrogens is 202 g/mol. The van der Waals surface area contributed by atoms with Crippen LogP contribution in [0.1, 0.15) is 39.0 Å². The van der Waals surface area contributed by atoms with Crippen molar-refractivity contribution < 1.29 is 9.47 Å². The average Bonchev–Trinajstić information content (AvgIpc) is 2.27. The molecule has 0 aromatic carbocycles. The highest BCUT2D eigenvalue weighted by atomic mass is 16.5. The second kappa shape index (κ2) is 5.69. The van der Waals surface area contributed by atoms with E-state index in [1.807, 2.05) is 0 Å². The molecule has 0 radical (unpaired) electrons. The van der Waals surface area contributed by atoms with Crippen molar-refractivity contribution in [1.29, 1.82) is 0 Å². The van der Waals surface area contributed by atoms with Gasteiger partial charge in [-0.15, -0.1) is 0 Å². The van der Waals surface area contributed by atoms with Gasteiger partial charge in [-0.3, -0.25) is 0 Å². The summed E-state index contributed by atoms with van der Waals surface area (Å²) in [6, 6.07) is 0.105. The van der Waals surface area contributed by atoms with E-state index in [1.54, 1.807) is 0 Å². The number of ether oxygens (including phenoxy) is 2. The fourth-order valence-electron chi connectivity index (χ4n) is 2.55. The predicted octanol–water partition coefficient (Wildman–Crippen LogP) is 2.21. The summed E-state index contributed by atoms with van der Waals surface area (Å²) in [6.07, 6.45) is 8.30. The molecule has 2 N–H and O–H groups in total. The molecule has 2 aliphatic rings. The summed E-state index contributed by atoms with van der Waals surface area (Å²) in [7, 11) is 0. The maximum atomic E-state index is 6.14. The van der Waals surface area contributed by atoms with Gasteiger partial charge in [0.15, 0.2) is 0 Å². The van der Waals surface area contributed by atoms with Gasteiger partial charge in [0, 0.05) is 6.61 Å². The molecule has 1 saturated carbocycles. The Labute approximate surface area is 98.0 Å². The molecule has 1 fully saturated rings. The Morgan fingerprint density at radius 2 is 2.38 bits per heavy atom. The van der Waals surface area contributed by atoms with Crippen molar-refractivity contribution in [1.82, 2.24) is 0 Å². The van der Waals surface area contributed by atoms with E-state index < -0.39 is 0 Å². The van der Waals surface area contributed by atoms with E-state index >= 15 is 0 Å². The highest BCUT2D eigenvalue weighted by Crippen LogP contribution is 2.34. The van der Waals surface area contributed by atoms with Crippen LogP contribution in [0.2, 0.25) is 0 Å². The van der Waals surface area contributed by atoms with Crippen LogP contribution < -0.4 is 5.73 Å². The quantitative estimate of drug-likeness (QED) is 0.780. The first-order valence-electron chi connectivity index (χ1n) is 6.49. The summed E-state index contributed by atoms with van der Waals surface area (Å²) >= 11 is 0. The van der Waals surface area contributed by atoms with Crippen LogP contribution in [-0.2, 0) is 9.47 Å². The lowest BCUT2D eigenvalue weighted by atomic mass is 9.78. The van der Waals surface area contributed by atoms with Gasteiger partial charge in [-0.05, 0) is 51.0 Å². The summed E-state index contributed by atoms with van der Waals surface area (Å²) in [6.45, 7) is 3.73. The first-order valence-corrected chi connectivity index (χ1v) is 6.49. The topological polar surface area (TPSA) is 44.5 Å². The zero-order valence-electron chi connectivity index (χ0n) is 10.2. The highest BCUT2D eigenvalue weighted by Gasteiger charge is 2.31. The van der Waals surface area contributed by atoms with Gasteiger partial charge in [0.1, 0.15) is 5.76 Å². The lowest BCUT2D eigenvalue weighted by molar-refractivity contribution is -0.0287. The zero-order chi connectivity index (χ0) is 11.4. The first-order chi connectivity index (χ1) is 7.79. The minimum absolute atomic E-state index is 0.105. The molecule has 1 aliphatic carbocycles. The van der Waals surface area contributed by atoms with Crippen LogP contribution in [-0.4, -0.2) is 25.4 Å². The lowest BCUT2D eigenvalue weighted by Crippen LogP contribution is -2.37. The van der Waals surface area contributed by atoms with Gasteiger partial charge in [0.05, 0.1) is 18.8 Å². The third-order valence-electron chi connectivity index (χ3n) is 3.51. The fourth-order valence-corrected chi connectivity index (χ4v) is 2.55. The van der Waals surface area contributed by atoms with E-state index in [0.29, 0.717) is 6.10 Å². The van der Waals surface area contributed by atoms with E-state index in [1.165, 1.54) is 12.8 Å². The average molecular weight is 225 g/mol. The standard InChI is InChI=1S/C13H23NO2/c1-2-15-11-7-10(8-11)9-12(14)13-5-3-4-6-16-13/h5,10-12H,2-4,6-9,14H2,1H3. The third-order valence-corrected chi connectivity index (χ3v) is 3.51. The Bertz CT molecular complexity index is 246. The van der Waals surface area contributed by atoms with Gasteiger partial charge in [-0.2, -0.15) is 0 Å². The summed E-state index contributed by atoms with van der Waals surface area (Å²) in [5, 5.41) is 0. The number of nitrogens with two attached hydrogens (primary N) is 1. The van der Waals surface area contributed by atoms with Crippen LogP contribution in [0.3, 0.4) is 0 Å². The predicted molar refractivity (Wildman–Crippen MR) is 64.0 cm³/mol. The van der Waals surface area contributed by atoms with Crippen molar-refractivity contribution in [2.45, 2.75) is 51.2 Å². The second-order valence-corrected chi connectivity index (χ2v) is 4.85. The lowest BCUT2D eigenvalue weighted by Gasteiger charge is -2.36. The normalized spacial score (nSPS) is 31.2. The van der Waals surface area contributed by atoms with Crippen LogP contribution in [0.25, 0.3) is 0 Å². The van der Waals surface area contributed by atoms with Crippen molar-refractivity contribution in [2.75, 3.05) is 13.2 Å². The first kappa shape index (κ1) is 11.9. The van der Waals surface area contributed by atoms with Crippen molar-refractivity contribution in [3.05, 3.63) is 11.8 Å². The van der Waals surface area contributed by atoms with Crippen molar-refractivity contribution in [3.8, 4) is 0 Å². The molecule has 0 bridgehead atoms. The number of rotatable bonds is 5. The Hall–Kier alpha value is -0.540. The van der Waals surface area contributed by atoms with E-state index in [4.69, 9.17) is 15.2 Å². The van der Waals surface area contributed by atoms with Crippen LogP contribution in [0, 0.1) is 5.92 Å². The number of hydrogen-bond donors (Lipinski definition) is 1. The maximum Gasteiger partial charge on any atom is 0.109 e. The molecule has 1 heterocycles. The van der Waals surface area contributed by atoms with Crippen LogP contribution in [0.15, 0.2) is 11.8 Å². The fraction of sp³-hybridized carbons (Fsp3) is 0.846. The van der Waals surface area contributed by atoms with Gasteiger partial charge in [-0.25, -0.2) is 0 Å². The molecule has 0 aromatic heterocycles. The Kier molecular flexibility index (Phi) is 4.24. The van der Waals surface area contributed by atoms with Crippen LogP contribution >= 0.6 is 0 Å².